The number of carbonyl (C=O) groups is 1. The summed E-state index contributed by atoms with van der Waals surface area (Å²) in [5.41, 5.74) is 2.48. The van der Waals surface area contributed by atoms with Crippen LogP contribution in [0.2, 0.25) is 0 Å². The average molecular weight is 235 g/mol. The van der Waals surface area contributed by atoms with Crippen LogP contribution in [0.3, 0.4) is 0 Å². The molecular formula is C14H21NO2. The Hall–Kier alpha value is -1.51. The minimum atomic E-state index is -0.834. The van der Waals surface area contributed by atoms with E-state index in [9.17, 15) is 4.79 Å². The van der Waals surface area contributed by atoms with Crippen molar-refractivity contribution in [1.29, 1.82) is 0 Å². The van der Waals surface area contributed by atoms with Crippen LogP contribution < -0.4 is 4.90 Å². The number of aromatic carboxylic acids is 1. The van der Waals surface area contributed by atoms with Gasteiger partial charge in [0.1, 0.15) is 0 Å². The molecule has 3 nitrogen and oxygen atoms in total. The van der Waals surface area contributed by atoms with Crippen molar-refractivity contribution in [2.45, 2.75) is 33.6 Å². The summed E-state index contributed by atoms with van der Waals surface area (Å²) in [5.74, 6) is -0.834. The van der Waals surface area contributed by atoms with E-state index >= 15 is 0 Å². The summed E-state index contributed by atoms with van der Waals surface area (Å²) in [7, 11) is 0. The van der Waals surface area contributed by atoms with E-state index < -0.39 is 5.97 Å². The molecule has 0 amide bonds. The van der Waals surface area contributed by atoms with Crippen molar-refractivity contribution in [3.63, 3.8) is 0 Å². The summed E-state index contributed by atoms with van der Waals surface area (Å²) >= 11 is 0. The van der Waals surface area contributed by atoms with Crippen LogP contribution in [0.1, 0.15) is 43.1 Å². The molecule has 0 saturated carbocycles. The first-order valence-electron chi connectivity index (χ1n) is 6.25. The van der Waals surface area contributed by atoms with Crippen LogP contribution in [0.4, 0.5) is 5.69 Å². The van der Waals surface area contributed by atoms with Crippen molar-refractivity contribution >= 4 is 11.7 Å². The quantitative estimate of drug-likeness (QED) is 0.823. The molecular weight excluding hydrogens is 214 g/mol. The maximum atomic E-state index is 11.1. The number of carboxylic acids is 1. The second kappa shape index (κ2) is 6.28. The molecule has 0 aliphatic carbocycles. The molecule has 0 unspecified atom stereocenters. The predicted molar refractivity (Wildman–Crippen MR) is 71.0 cm³/mol. The number of carboxylic acid groups (broad SMARTS) is 1. The van der Waals surface area contributed by atoms with E-state index in [2.05, 4.69) is 25.7 Å². The molecule has 1 aromatic carbocycles. The van der Waals surface area contributed by atoms with Crippen molar-refractivity contribution in [3.8, 4) is 0 Å². The van der Waals surface area contributed by atoms with Gasteiger partial charge in [0.05, 0.1) is 5.56 Å². The highest BCUT2D eigenvalue weighted by molar-refractivity contribution is 5.90. The second-order valence-corrected chi connectivity index (χ2v) is 4.07. The monoisotopic (exact) mass is 235 g/mol. The number of anilines is 1. The van der Waals surface area contributed by atoms with Gasteiger partial charge in [0, 0.05) is 18.8 Å². The SMILES string of the molecule is CCCc1cc(N(CC)CC)ccc1C(=O)O. The summed E-state index contributed by atoms with van der Waals surface area (Å²) in [6.45, 7) is 8.15. The first kappa shape index (κ1) is 13.6. The van der Waals surface area contributed by atoms with Gasteiger partial charge in [-0.2, -0.15) is 0 Å². The lowest BCUT2D eigenvalue weighted by Crippen LogP contribution is -2.22. The topological polar surface area (TPSA) is 40.5 Å². The first-order chi connectivity index (χ1) is 8.13. The van der Waals surface area contributed by atoms with Gasteiger partial charge in [-0.1, -0.05) is 13.3 Å². The van der Waals surface area contributed by atoms with Crippen molar-refractivity contribution in [3.05, 3.63) is 29.3 Å². The minimum absolute atomic E-state index is 0.433. The van der Waals surface area contributed by atoms with Crippen LogP contribution in [0.25, 0.3) is 0 Å². The fourth-order valence-corrected chi connectivity index (χ4v) is 2.05. The van der Waals surface area contributed by atoms with Crippen molar-refractivity contribution in [2.24, 2.45) is 0 Å². The zero-order chi connectivity index (χ0) is 12.8. The molecule has 0 saturated heterocycles. The molecule has 94 valence electrons. The highest BCUT2D eigenvalue weighted by Crippen LogP contribution is 2.21. The fraction of sp³-hybridized carbons (Fsp3) is 0.500. The lowest BCUT2D eigenvalue weighted by atomic mass is 10.0. The summed E-state index contributed by atoms with van der Waals surface area (Å²) in [6.07, 6.45) is 1.78. The van der Waals surface area contributed by atoms with Gasteiger partial charge < -0.3 is 10.0 Å². The van der Waals surface area contributed by atoms with Crippen molar-refractivity contribution < 1.29 is 9.90 Å². The number of nitrogens with zero attached hydrogens (tertiary/aromatic N) is 1. The van der Waals surface area contributed by atoms with Crippen LogP contribution in [0.5, 0.6) is 0 Å². The van der Waals surface area contributed by atoms with Gasteiger partial charge in [0.15, 0.2) is 0 Å². The van der Waals surface area contributed by atoms with Gasteiger partial charge in [0.2, 0.25) is 0 Å². The van der Waals surface area contributed by atoms with E-state index in [1.54, 1.807) is 6.07 Å². The first-order valence-corrected chi connectivity index (χ1v) is 6.25. The molecule has 1 aromatic rings. The third-order valence-electron chi connectivity index (χ3n) is 2.97. The summed E-state index contributed by atoms with van der Waals surface area (Å²) in [4.78, 5) is 13.3. The fourth-order valence-electron chi connectivity index (χ4n) is 2.05. The predicted octanol–water partition coefficient (Wildman–Crippen LogP) is 3.18. The molecule has 17 heavy (non-hydrogen) atoms. The summed E-state index contributed by atoms with van der Waals surface area (Å²) in [6, 6.07) is 5.64. The molecule has 0 fully saturated rings. The largest absolute Gasteiger partial charge is 0.478 e. The number of hydrogen-bond acceptors (Lipinski definition) is 2. The molecule has 1 rings (SSSR count). The number of hydrogen-bond donors (Lipinski definition) is 1. The Morgan fingerprint density at radius 3 is 2.35 bits per heavy atom. The lowest BCUT2D eigenvalue weighted by Gasteiger charge is -2.22. The number of benzene rings is 1. The number of rotatable bonds is 6. The second-order valence-electron chi connectivity index (χ2n) is 4.07. The molecule has 0 atom stereocenters. The van der Waals surface area contributed by atoms with E-state index in [4.69, 9.17) is 5.11 Å². The normalized spacial score (nSPS) is 10.3. The molecule has 0 aromatic heterocycles. The van der Waals surface area contributed by atoms with E-state index in [1.807, 2.05) is 12.1 Å². The molecule has 0 radical (unpaired) electrons. The molecule has 0 bridgehead atoms. The number of aryl methyl sites for hydroxylation is 1. The maximum absolute atomic E-state index is 11.1. The molecule has 0 spiro atoms. The van der Waals surface area contributed by atoms with Gasteiger partial charge in [-0.3, -0.25) is 0 Å². The molecule has 3 heteroatoms. The Balaban J connectivity index is 3.12. The third kappa shape index (κ3) is 3.22. The standard InChI is InChI=1S/C14H21NO2/c1-4-7-11-10-12(15(5-2)6-3)8-9-13(11)14(16)17/h8-10H,4-7H2,1-3H3,(H,16,17). The van der Waals surface area contributed by atoms with Crippen LogP contribution in [0, 0.1) is 0 Å². The molecule has 0 aliphatic rings. The average Bonchev–Trinajstić information content (AvgIpc) is 2.31. The van der Waals surface area contributed by atoms with Gasteiger partial charge in [0.25, 0.3) is 0 Å². The van der Waals surface area contributed by atoms with Crippen molar-refractivity contribution in [2.75, 3.05) is 18.0 Å². The van der Waals surface area contributed by atoms with Crippen molar-refractivity contribution in [1.82, 2.24) is 0 Å². The van der Waals surface area contributed by atoms with Gasteiger partial charge in [-0.25, -0.2) is 4.79 Å². The Bertz CT molecular complexity index is 384. The minimum Gasteiger partial charge on any atom is -0.478 e. The molecule has 0 heterocycles. The highest BCUT2D eigenvalue weighted by Gasteiger charge is 2.11. The zero-order valence-corrected chi connectivity index (χ0v) is 10.9. The molecule has 0 aliphatic heterocycles. The Kier molecular flexibility index (Phi) is 5.01. The van der Waals surface area contributed by atoms with Gasteiger partial charge in [-0.15, -0.1) is 0 Å². The van der Waals surface area contributed by atoms with Gasteiger partial charge in [-0.05, 0) is 44.0 Å². The smallest absolute Gasteiger partial charge is 0.335 e. The Labute approximate surface area is 103 Å². The van der Waals surface area contributed by atoms with E-state index in [0.29, 0.717) is 5.56 Å². The maximum Gasteiger partial charge on any atom is 0.335 e. The van der Waals surface area contributed by atoms with Crippen LogP contribution in [-0.4, -0.2) is 24.2 Å². The van der Waals surface area contributed by atoms with Crippen LogP contribution in [-0.2, 0) is 6.42 Å². The Morgan fingerprint density at radius 2 is 1.88 bits per heavy atom. The highest BCUT2D eigenvalue weighted by atomic mass is 16.4. The van der Waals surface area contributed by atoms with Gasteiger partial charge >= 0.3 is 5.97 Å². The van der Waals surface area contributed by atoms with Crippen LogP contribution in [0.15, 0.2) is 18.2 Å². The summed E-state index contributed by atoms with van der Waals surface area (Å²) in [5, 5.41) is 9.12. The van der Waals surface area contributed by atoms with E-state index in [0.717, 1.165) is 37.2 Å². The third-order valence-corrected chi connectivity index (χ3v) is 2.97. The van der Waals surface area contributed by atoms with E-state index in [1.165, 1.54) is 0 Å². The zero-order valence-electron chi connectivity index (χ0n) is 10.9. The van der Waals surface area contributed by atoms with E-state index in [-0.39, 0.29) is 0 Å². The van der Waals surface area contributed by atoms with Crippen LogP contribution >= 0.6 is 0 Å². The summed E-state index contributed by atoms with van der Waals surface area (Å²) < 4.78 is 0. The Morgan fingerprint density at radius 1 is 1.24 bits per heavy atom. The lowest BCUT2D eigenvalue weighted by molar-refractivity contribution is 0.0695. The molecule has 1 N–H and O–H groups in total.